The summed E-state index contributed by atoms with van der Waals surface area (Å²) in [7, 11) is 0. The standard InChI is InChI=1S/C28H36O10/c1-15(29)26-9-4-3-8-20(30)37-18-12-19-28(14-35-28)25(18,2)21-16(6-5-7-17(21)36-19)13-33-23(31)22-27(38-22,24(26)32)10-11-34-26/h3-4,8-9,15-19,21-22,24,29,32H,5-7,10-14H2,1-2H3. The largest absolute Gasteiger partial charge is 0.463 e. The lowest BCUT2D eigenvalue weighted by Crippen LogP contribution is -2.62. The molecule has 0 aromatic rings. The normalized spacial score (nSPS) is 53.9. The van der Waals surface area contributed by atoms with Crippen molar-refractivity contribution >= 4 is 11.9 Å². The van der Waals surface area contributed by atoms with Crippen LogP contribution in [0.2, 0.25) is 0 Å². The number of hydrogen-bond acceptors (Lipinski definition) is 10. The molecule has 0 aromatic heterocycles. The Kier molecular flexibility index (Phi) is 5.53. The summed E-state index contributed by atoms with van der Waals surface area (Å²) < 4.78 is 36.3. The highest BCUT2D eigenvalue weighted by Crippen LogP contribution is 2.68. The zero-order chi connectivity index (χ0) is 26.5. The number of aliphatic hydroxyl groups excluding tert-OH is 2. The number of aliphatic hydroxyl groups is 2. The molecule has 7 rings (SSSR count). The number of cyclic esters (lactones) is 1. The lowest BCUT2D eigenvalue weighted by atomic mass is 9.57. The average molecular weight is 533 g/mol. The van der Waals surface area contributed by atoms with Crippen LogP contribution in [0, 0.1) is 17.3 Å². The van der Waals surface area contributed by atoms with Gasteiger partial charge in [0.1, 0.15) is 29.0 Å². The first-order valence-corrected chi connectivity index (χ1v) is 13.9. The topological polar surface area (TPSA) is 137 Å². The summed E-state index contributed by atoms with van der Waals surface area (Å²) in [6, 6.07) is 0. The van der Waals surface area contributed by atoms with Crippen LogP contribution in [0.3, 0.4) is 0 Å². The van der Waals surface area contributed by atoms with Gasteiger partial charge in [-0.15, -0.1) is 0 Å². The van der Waals surface area contributed by atoms with Gasteiger partial charge in [0.05, 0.1) is 38.1 Å². The predicted octanol–water partition coefficient (Wildman–Crippen LogP) is 0.969. The maximum Gasteiger partial charge on any atom is 0.338 e. The third-order valence-corrected chi connectivity index (χ3v) is 10.7. The molecule has 5 heterocycles. The van der Waals surface area contributed by atoms with E-state index in [9.17, 15) is 19.8 Å². The molecular weight excluding hydrogens is 496 g/mol. The number of rotatable bonds is 1. The van der Waals surface area contributed by atoms with Gasteiger partial charge in [-0.25, -0.2) is 9.59 Å². The van der Waals surface area contributed by atoms with E-state index in [2.05, 4.69) is 6.92 Å². The Hall–Kier alpha value is -1.82. The third kappa shape index (κ3) is 3.22. The monoisotopic (exact) mass is 532 g/mol. The Morgan fingerprint density at radius 1 is 1.13 bits per heavy atom. The van der Waals surface area contributed by atoms with Crippen molar-refractivity contribution in [2.24, 2.45) is 17.3 Å². The highest BCUT2D eigenvalue weighted by Gasteiger charge is 2.79. The quantitative estimate of drug-likeness (QED) is 0.371. The second kappa shape index (κ2) is 8.34. The van der Waals surface area contributed by atoms with E-state index in [0.717, 1.165) is 19.3 Å². The number of carbonyl (C=O) groups excluding carboxylic acids is 2. The van der Waals surface area contributed by atoms with E-state index in [1.807, 2.05) is 0 Å². The lowest BCUT2D eigenvalue weighted by Gasteiger charge is -2.53. The van der Waals surface area contributed by atoms with E-state index in [0.29, 0.717) is 19.4 Å². The molecule has 2 aliphatic carbocycles. The Labute approximate surface area is 221 Å². The second-order valence-electron chi connectivity index (χ2n) is 12.3. The van der Waals surface area contributed by atoms with Crippen molar-refractivity contribution in [1.29, 1.82) is 0 Å². The second-order valence-corrected chi connectivity index (χ2v) is 12.3. The van der Waals surface area contributed by atoms with Gasteiger partial charge in [0.15, 0.2) is 6.10 Å². The summed E-state index contributed by atoms with van der Waals surface area (Å²) in [5.41, 5.74) is -3.67. The fraction of sp³-hybridized carbons (Fsp3) is 0.786. The summed E-state index contributed by atoms with van der Waals surface area (Å²) in [5, 5.41) is 22.0. The molecule has 10 nitrogen and oxygen atoms in total. The summed E-state index contributed by atoms with van der Waals surface area (Å²) in [4.78, 5) is 26.2. The number of epoxide rings is 2. The first kappa shape index (κ1) is 25.2. The molecule has 0 radical (unpaired) electrons. The lowest BCUT2D eigenvalue weighted by molar-refractivity contribution is -0.207. The van der Waals surface area contributed by atoms with Crippen LogP contribution in [0.5, 0.6) is 0 Å². The molecule has 7 aliphatic rings. The maximum absolute atomic E-state index is 13.3. The van der Waals surface area contributed by atoms with Crippen LogP contribution in [0.1, 0.15) is 46.0 Å². The molecule has 5 aliphatic heterocycles. The van der Waals surface area contributed by atoms with Crippen LogP contribution in [-0.4, -0.2) is 95.4 Å². The van der Waals surface area contributed by atoms with Crippen LogP contribution in [0.4, 0.5) is 0 Å². The summed E-state index contributed by atoms with van der Waals surface area (Å²) in [6.07, 6.45) is 5.55. The minimum atomic E-state index is -1.51. The molecule has 12 atom stereocenters. The Bertz CT molecular complexity index is 1080. The van der Waals surface area contributed by atoms with Gasteiger partial charge in [-0.3, -0.25) is 0 Å². The van der Waals surface area contributed by atoms with Crippen molar-refractivity contribution < 1.29 is 48.2 Å². The molecule has 2 spiro atoms. The number of ether oxygens (including phenoxy) is 6. The number of hydrogen-bond donors (Lipinski definition) is 2. The number of allylic oxidation sites excluding steroid dienone is 2. The van der Waals surface area contributed by atoms with Gasteiger partial charge in [-0.2, -0.15) is 0 Å². The molecule has 0 aromatic carbocycles. The van der Waals surface area contributed by atoms with Crippen LogP contribution < -0.4 is 0 Å². The van der Waals surface area contributed by atoms with Gasteiger partial charge in [0.2, 0.25) is 0 Å². The molecule has 6 fully saturated rings. The third-order valence-electron chi connectivity index (χ3n) is 10.7. The predicted molar refractivity (Wildman–Crippen MR) is 129 cm³/mol. The molecule has 2 saturated carbocycles. The fourth-order valence-corrected chi connectivity index (χ4v) is 8.55. The summed E-state index contributed by atoms with van der Waals surface area (Å²) in [5.74, 6) is -1.01. The zero-order valence-electron chi connectivity index (χ0n) is 21.7. The number of esters is 2. The molecule has 38 heavy (non-hydrogen) atoms. The van der Waals surface area contributed by atoms with E-state index in [4.69, 9.17) is 28.4 Å². The molecule has 4 bridgehead atoms. The van der Waals surface area contributed by atoms with E-state index >= 15 is 0 Å². The summed E-state index contributed by atoms with van der Waals surface area (Å²) in [6.45, 7) is 4.59. The smallest absolute Gasteiger partial charge is 0.338 e. The molecule has 12 unspecified atom stereocenters. The van der Waals surface area contributed by atoms with Gasteiger partial charge >= 0.3 is 11.9 Å². The van der Waals surface area contributed by atoms with Crippen LogP contribution >= 0.6 is 0 Å². The van der Waals surface area contributed by atoms with Gasteiger partial charge < -0.3 is 38.6 Å². The fourth-order valence-electron chi connectivity index (χ4n) is 8.55. The average Bonchev–Trinajstić information content (AvgIpc) is 3.80. The molecule has 2 N–H and O–H groups in total. The highest BCUT2D eigenvalue weighted by molar-refractivity contribution is 5.82. The van der Waals surface area contributed by atoms with Crippen molar-refractivity contribution in [3.63, 3.8) is 0 Å². The van der Waals surface area contributed by atoms with Crippen LogP contribution in [-0.2, 0) is 38.0 Å². The number of carbonyl (C=O) groups is 2. The van der Waals surface area contributed by atoms with Crippen LogP contribution in [0.15, 0.2) is 24.3 Å². The summed E-state index contributed by atoms with van der Waals surface area (Å²) >= 11 is 0. The Morgan fingerprint density at radius 3 is 2.71 bits per heavy atom. The molecule has 0 amide bonds. The minimum absolute atomic E-state index is 0.00258. The Balaban J connectivity index is 1.25. The SMILES string of the molecule is CC(O)C12C=CC=CC(=O)OC3CC4OC5CCCC(COC(=O)C6OC6(CCO1)C2O)C5C3(C)C41CO1. The van der Waals surface area contributed by atoms with Crippen molar-refractivity contribution in [3.8, 4) is 0 Å². The first-order valence-electron chi connectivity index (χ1n) is 13.9. The van der Waals surface area contributed by atoms with E-state index in [1.165, 1.54) is 25.2 Å². The molecule has 208 valence electrons. The van der Waals surface area contributed by atoms with Crippen molar-refractivity contribution in [2.45, 2.75) is 99.4 Å². The zero-order valence-corrected chi connectivity index (χ0v) is 21.7. The van der Waals surface area contributed by atoms with Gasteiger partial charge in [-0.05, 0) is 31.8 Å². The van der Waals surface area contributed by atoms with Crippen molar-refractivity contribution in [2.75, 3.05) is 19.8 Å². The first-order chi connectivity index (χ1) is 18.2. The van der Waals surface area contributed by atoms with Crippen molar-refractivity contribution in [3.05, 3.63) is 24.3 Å². The molecule has 10 heteroatoms. The van der Waals surface area contributed by atoms with Gasteiger partial charge in [0, 0.05) is 30.3 Å². The van der Waals surface area contributed by atoms with Gasteiger partial charge in [0.25, 0.3) is 0 Å². The Morgan fingerprint density at radius 2 is 1.95 bits per heavy atom. The van der Waals surface area contributed by atoms with E-state index < -0.39 is 58.6 Å². The highest BCUT2D eigenvalue weighted by atomic mass is 16.7. The number of fused-ring (bicyclic) bond motifs is 1. The van der Waals surface area contributed by atoms with E-state index in [-0.39, 0.29) is 37.3 Å². The van der Waals surface area contributed by atoms with Gasteiger partial charge in [-0.1, -0.05) is 25.5 Å². The molecule has 4 saturated heterocycles. The maximum atomic E-state index is 13.3. The van der Waals surface area contributed by atoms with Crippen molar-refractivity contribution in [1.82, 2.24) is 0 Å². The van der Waals surface area contributed by atoms with Crippen LogP contribution in [0.25, 0.3) is 0 Å². The van der Waals surface area contributed by atoms with E-state index in [1.54, 1.807) is 6.08 Å². The minimum Gasteiger partial charge on any atom is -0.463 e. The molecular formula is C28H36O10.